The summed E-state index contributed by atoms with van der Waals surface area (Å²) in [6.45, 7) is 3.34. The molecule has 0 bridgehead atoms. The summed E-state index contributed by atoms with van der Waals surface area (Å²) in [5.41, 5.74) is 7.59. The Kier molecular flexibility index (Phi) is 6.75. The quantitative estimate of drug-likeness (QED) is 0.286. The minimum Gasteiger partial charge on any atom is -0.396 e. The number of nitrogens with one attached hydrogen (secondary N) is 2. The molecule has 0 heterocycles. The summed E-state index contributed by atoms with van der Waals surface area (Å²) in [5, 5.41) is 20.3. The van der Waals surface area contributed by atoms with E-state index in [0.717, 1.165) is 12.0 Å². The van der Waals surface area contributed by atoms with E-state index in [1.54, 1.807) is 44.2 Å². The lowest BCUT2D eigenvalue weighted by molar-refractivity contribution is -0.132. The van der Waals surface area contributed by atoms with Crippen molar-refractivity contribution in [2.75, 3.05) is 6.61 Å². The molecular weight excluding hydrogens is 346 g/mol. The number of carbonyl (C=O) groups is 2. The van der Waals surface area contributed by atoms with Crippen LogP contribution in [0, 0.1) is 23.7 Å². The number of hydroxylamine groups is 1. The van der Waals surface area contributed by atoms with Crippen LogP contribution in [0.4, 0.5) is 0 Å². The molecule has 0 saturated heterocycles. The maximum Gasteiger partial charge on any atom is 0.267 e. The largest absolute Gasteiger partial charge is 0.396 e. The minimum absolute atomic E-state index is 0.189. The van der Waals surface area contributed by atoms with Gasteiger partial charge in [-0.05, 0) is 56.0 Å². The van der Waals surface area contributed by atoms with Crippen LogP contribution < -0.4 is 16.5 Å². The molecule has 0 aromatic heterocycles. The molecule has 1 aliphatic carbocycles. The van der Waals surface area contributed by atoms with Gasteiger partial charge in [0.2, 0.25) is 0 Å². The maximum atomic E-state index is 12.3. The maximum absolute atomic E-state index is 12.3. The van der Waals surface area contributed by atoms with Crippen molar-refractivity contribution in [1.29, 1.82) is 0 Å². The normalized spacial score (nSPS) is 19.7. The molecule has 7 nitrogen and oxygen atoms in total. The van der Waals surface area contributed by atoms with Crippen molar-refractivity contribution in [3.8, 4) is 11.8 Å². The molecule has 0 radical (unpaired) electrons. The molecule has 2 unspecified atom stereocenters. The van der Waals surface area contributed by atoms with Crippen LogP contribution >= 0.6 is 0 Å². The molecule has 1 aromatic carbocycles. The summed E-state index contributed by atoms with van der Waals surface area (Å²) in [4.78, 5) is 24.1. The number of aliphatic hydroxyl groups excluding tert-OH is 1. The topological polar surface area (TPSA) is 125 Å². The fourth-order valence-electron chi connectivity index (χ4n) is 2.53. The minimum atomic E-state index is -1.09. The Labute approximate surface area is 158 Å². The highest BCUT2D eigenvalue weighted by Crippen LogP contribution is 2.36. The summed E-state index contributed by atoms with van der Waals surface area (Å²) < 4.78 is 0. The van der Waals surface area contributed by atoms with Crippen LogP contribution in [0.1, 0.15) is 36.2 Å². The number of hydrogen-bond donors (Lipinski definition) is 5. The Morgan fingerprint density at radius 1 is 1.37 bits per heavy atom. The van der Waals surface area contributed by atoms with E-state index in [2.05, 4.69) is 17.2 Å². The zero-order chi connectivity index (χ0) is 20.0. The molecule has 6 N–H and O–H groups in total. The second-order valence-electron chi connectivity index (χ2n) is 7.23. The van der Waals surface area contributed by atoms with Gasteiger partial charge in [0.25, 0.3) is 11.8 Å². The van der Waals surface area contributed by atoms with E-state index in [9.17, 15) is 9.59 Å². The number of carbonyl (C=O) groups excluding carboxylic acids is 2. The summed E-state index contributed by atoms with van der Waals surface area (Å²) >= 11 is 0. The third-order valence-corrected chi connectivity index (χ3v) is 4.35. The number of hydrogen-bond acceptors (Lipinski definition) is 5. The molecule has 7 heteroatoms. The van der Waals surface area contributed by atoms with Gasteiger partial charge in [-0.25, -0.2) is 5.48 Å². The second kappa shape index (κ2) is 8.82. The first kappa shape index (κ1) is 20.6. The Bertz CT molecular complexity index is 769. The van der Waals surface area contributed by atoms with Gasteiger partial charge < -0.3 is 16.2 Å². The van der Waals surface area contributed by atoms with Gasteiger partial charge >= 0.3 is 0 Å². The van der Waals surface area contributed by atoms with E-state index in [0.29, 0.717) is 17.4 Å². The zero-order valence-electron chi connectivity index (χ0n) is 15.4. The molecule has 144 valence electrons. The first-order chi connectivity index (χ1) is 12.8. The molecule has 0 aliphatic heterocycles. The number of benzene rings is 1. The molecular formula is C20H25N3O4. The molecule has 2 rings (SSSR count). The van der Waals surface area contributed by atoms with E-state index < -0.39 is 23.4 Å². The Balaban J connectivity index is 1.97. The smallest absolute Gasteiger partial charge is 0.267 e. The summed E-state index contributed by atoms with van der Waals surface area (Å²) in [6.07, 6.45) is 4.52. The fraction of sp³-hybridized carbons (Fsp3) is 0.400. The molecule has 1 fully saturated rings. The van der Waals surface area contributed by atoms with Gasteiger partial charge in [-0.3, -0.25) is 14.8 Å². The molecule has 1 saturated carbocycles. The van der Waals surface area contributed by atoms with E-state index in [-0.39, 0.29) is 6.61 Å². The highest BCUT2D eigenvalue weighted by atomic mass is 16.5. The number of nitrogens with two attached hydrogens (primary N) is 1. The van der Waals surface area contributed by atoms with Gasteiger partial charge in [0.15, 0.2) is 0 Å². The lowest BCUT2D eigenvalue weighted by atomic mass is 9.95. The van der Waals surface area contributed by atoms with Gasteiger partial charge in [-0.15, -0.1) is 0 Å². The zero-order valence-corrected chi connectivity index (χ0v) is 15.4. The van der Waals surface area contributed by atoms with Gasteiger partial charge in [-0.2, -0.15) is 0 Å². The molecule has 2 amide bonds. The molecule has 3 atom stereocenters. The van der Waals surface area contributed by atoms with Crippen LogP contribution in [0.25, 0.3) is 6.08 Å². The monoisotopic (exact) mass is 371 g/mol. The average Bonchev–Trinajstić information content (AvgIpc) is 3.40. The molecule has 1 aliphatic rings. The second-order valence-corrected chi connectivity index (χ2v) is 7.23. The van der Waals surface area contributed by atoms with E-state index in [1.165, 1.54) is 5.48 Å². The predicted octanol–water partition coefficient (Wildman–Crippen LogP) is 0.673. The summed E-state index contributed by atoms with van der Waals surface area (Å²) in [5.74, 6) is 5.39. The average molecular weight is 371 g/mol. The van der Waals surface area contributed by atoms with Gasteiger partial charge in [0.1, 0.15) is 6.04 Å². The fourth-order valence-corrected chi connectivity index (χ4v) is 2.53. The third-order valence-electron chi connectivity index (χ3n) is 4.35. The number of aliphatic hydroxyl groups is 1. The lowest BCUT2D eigenvalue weighted by Crippen LogP contribution is -2.61. The van der Waals surface area contributed by atoms with E-state index >= 15 is 0 Å². The Hall–Kier alpha value is -2.66. The summed E-state index contributed by atoms with van der Waals surface area (Å²) in [7, 11) is 0. The molecule has 0 spiro atoms. The Morgan fingerprint density at radius 3 is 2.56 bits per heavy atom. The van der Waals surface area contributed by atoms with Crippen molar-refractivity contribution < 1.29 is 19.9 Å². The number of allylic oxidation sites excluding steroid dienone is 1. The van der Waals surface area contributed by atoms with Crippen molar-refractivity contribution >= 4 is 17.9 Å². The van der Waals surface area contributed by atoms with Crippen molar-refractivity contribution in [3.63, 3.8) is 0 Å². The van der Waals surface area contributed by atoms with Crippen LogP contribution in [0.2, 0.25) is 0 Å². The van der Waals surface area contributed by atoms with Crippen molar-refractivity contribution in [1.82, 2.24) is 10.8 Å². The van der Waals surface area contributed by atoms with Crippen LogP contribution in [-0.4, -0.2) is 40.3 Å². The molecule has 1 aromatic rings. The van der Waals surface area contributed by atoms with Crippen LogP contribution in [0.5, 0.6) is 0 Å². The van der Waals surface area contributed by atoms with Gasteiger partial charge in [0.05, 0.1) is 0 Å². The predicted molar refractivity (Wildman–Crippen MR) is 101 cm³/mol. The third kappa shape index (κ3) is 5.93. The SMILES string of the molecule is CC(C)(N)[C@H](NC(=O)c1ccc(C=CC#CC2CC2CO)cc1)C(=O)NO. The van der Waals surface area contributed by atoms with E-state index in [1.807, 2.05) is 6.08 Å². The van der Waals surface area contributed by atoms with Crippen LogP contribution in [-0.2, 0) is 4.79 Å². The van der Waals surface area contributed by atoms with Crippen LogP contribution in [0.15, 0.2) is 30.3 Å². The van der Waals surface area contributed by atoms with E-state index in [4.69, 9.17) is 16.0 Å². The highest BCUT2D eigenvalue weighted by molar-refractivity contribution is 5.98. The highest BCUT2D eigenvalue weighted by Gasteiger charge is 2.34. The summed E-state index contributed by atoms with van der Waals surface area (Å²) in [6, 6.07) is 5.69. The number of rotatable bonds is 6. The van der Waals surface area contributed by atoms with Crippen LogP contribution in [0.3, 0.4) is 0 Å². The number of amides is 2. The van der Waals surface area contributed by atoms with Gasteiger partial charge in [-0.1, -0.05) is 24.0 Å². The standard InChI is InChI=1S/C20H25N3O4/c1-20(2,21)17(19(26)23-27)22-18(25)14-9-7-13(8-10-14)5-3-4-6-15-11-16(15)12-24/h3,5,7-10,15-17,24,27H,11-12,21H2,1-2H3,(H,22,25)(H,23,26)/t15?,16?,17-/m1/s1. The lowest BCUT2D eigenvalue weighted by Gasteiger charge is -2.29. The van der Waals surface area contributed by atoms with Crippen molar-refractivity contribution in [2.45, 2.75) is 31.8 Å². The van der Waals surface area contributed by atoms with Crippen molar-refractivity contribution in [3.05, 3.63) is 41.5 Å². The molecule has 27 heavy (non-hydrogen) atoms. The first-order valence-electron chi connectivity index (χ1n) is 8.68. The van der Waals surface area contributed by atoms with Gasteiger partial charge in [0, 0.05) is 23.6 Å². The first-order valence-corrected chi connectivity index (χ1v) is 8.68. The Morgan fingerprint density at radius 2 is 2.04 bits per heavy atom. The van der Waals surface area contributed by atoms with Crippen molar-refractivity contribution in [2.24, 2.45) is 17.6 Å².